The number of aromatic nitrogens is 2. The summed E-state index contributed by atoms with van der Waals surface area (Å²) in [6, 6.07) is 4.01. The average molecular weight is 393 g/mol. The van der Waals surface area contributed by atoms with Gasteiger partial charge >= 0.3 is 6.09 Å². The molecule has 0 bridgehead atoms. The molecular weight excluding hydrogens is 364 g/mol. The van der Waals surface area contributed by atoms with Gasteiger partial charge < -0.3 is 15.4 Å². The summed E-state index contributed by atoms with van der Waals surface area (Å²) in [6.07, 6.45) is 5.56. The zero-order valence-electron chi connectivity index (χ0n) is 16.2. The van der Waals surface area contributed by atoms with E-state index >= 15 is 0 Å². The number of hydrogen-bond acceptors (Lipinski definition) is 5. The fourth-order valence-corrected chi connectivity index (χ4v) is 4.70. The lowest BCUT2D eigenvalue weighted by atomic mass is 9.98. The molecule has 0 aromatic carbocycles. The third-order valence-electron chi connectivity index (χ3n) is 5.98. The quantitative estimate of drug-likeness (QED) is 0.803. The highest BCUT2D eigenvalue weighted by Crippen LogP contribution is 2.56. The predicted octanol–water partition coefficient (Wildman–Crippen LogP) is 4.26. The van der Waals surface area contributed by atoms with Crippen LogP contribution in [0.15, 0.2) is 12.1 Å². The number of nitrogens with zero attached hydrogens (tertiary/aromatic N) is 2. The number of alkyl carbamates (subject to hydrolysis) is 1. The molecule has 1 heterocycles. The van der Waals surface area contributed by atoms with E-state index in [9.17, 15) is 4.79 Å². The average Bonchev–Trinajstić information content (AvgIpc) is 3.46. The van der Waals surface area contributed by atoms with Crippen LogP contribution in [0.5, 0.6) is 0 Å². The topological polar surface area (TPSA) is 76.1 Å². The van der Waals surface area contributed by atoms with E-state index in [1.807, 2.05) is 26.8 Å². The minimum Gasteiger partial charge on any atom is -0.444 e. The Morgan fingerprint density at radius 2 is 1.81 bits per heavy atom. The minimum atomic E-state index is -0.482. The summed E-state index contributed by atoms with van der Waals surface area (Å²) < 4.78 is 5.50. The Balaban J connectivity index is 1.45. The van der Waals surface area contributed by atoms with Crippen molar-refractivity contribution in [2.24, 2.45) is 23.7 Å². The van der Waals surface area contributed by atoms with E-state index in [-0.39, 0.29) is 18.2 Å². The number of halogens is 1. The highest BCUT2D eigenvalue weighted by molar-refractivity contribution is 6.29. The first kappa shape index (κ1) is 18.8. The fourth-order valence-electron chi connectivity index (χ4n) is 4.60. The van der Waals surface area contributed by atoms with Crippen molar-refractivity contribution in [1.29, 1.82) is 0 Å². The van der Waals surface area contributed by atoms with Crippen molar-refractivity contribution in [2.45, 2.75) is 70.6 Å². The van der Waals surface area contributed by atoms with Crippen LogP contribution in [-0.2, 0) is 4.74 Å². The van der Waals surface area contributed by atoms with Gasteiger partial charge in [0.2, 0.25) is 0 Å². The molecule has 4 rings (SSSR count). The second-order valence-electron chi connectivity index (χ2n) is 9.46. The van der Waals surface area contributed by atoms with Crippen LogP contribution in [0.1, 0.15) is 52.9 Å². The lowest BCUT2D eigenvalue weighted by Gasteiger charge is -2.27. The van der Waals surface area contributed by atoms with Gasteiger partial charge in [-0.25, -0.2) is 4.79 Å². The number of carbonyl (C=O) groups excluding carboxylic acids is 1. The Morgan fingerprint density at radius 3 is 2.52 bits per heavy atom. The van der Waals surface area contributed by atoms with Gasteiger partial charge in [-0.05, 0) is 88.7 Å². The zero-order valence-corrected chi connectivity index (χ0v) is 17.0. The van der Waals surface area contributed by atoms with Crippen molar-refractivity contribution in [3.05, 3.63) is 17.3 Å². The zero-order chi connectivity index (χ0) is 19.2. The van der Waals surface area contributed by atoms with E-state index in [4.69, 9.17) is 16.3 Å². The molecule has 3 unspecified atom stereocenters. The van der Waals surface area contributed by atoms with Crippen LogP contribution in [0.2, 0.25) is 5.15 Å². The monoisotopic (exact) mass is 392 g/mol. The SMILES string of the molecule is CC(C)(C)OC(=O)NC1C[C@@H](Nc2ccc(Cl)nn2)C[C@@H]2C[C@@H]2CC2CC21. The number of nitrogens with one attached hydrogen (secondary N) is 2. The standard InChI is InChI=1S/C20H29ClN4O2/c1-20(2,3)27-19(26)23-16-10-14(22-18-5-4-17(21)24-25-18)8-12-6-11(12)7-13-9-15(13)16/h4-5,11-16H,6-10H2,1-3H3,(H,22,25)(H,23,26)/t11-,12+,13?,14+,15?,16?/m1/s1. The third kappa shape index (κ3) is 5.03. The number of carbonyl (C=O) groups is 1. The smallest absolute Gasteiger partial charge is 0.407 e. The Morgan fingerprint density at radius 1 is 1.07 bits per heavy atom. The van der Waals surface area contributed by atoms with Gasteiger partial charge in [0.1, 0.15) is 11.4 Å². The third-order valence-corrected chi connectivity index (χ3v) is 6.18. The van der Waals surface area contributed by atoms with E-state index in [1.165, 1.54) is 19.3 Å². The van der Waals surface area contributed by atoms with Gasteiger partial charge in [-0.2, -0.15) is 0 Å². The molecular formula is C20H29ClN4O2. The Kier molecular flexibility index (Phi) is 4.95. The number of rotatable bonds is 3. The molecule has 27 heavy (non-hydrogen) atoms. The summed E-state index contributed by atoms with van der Waals surface area (Å²) in [5, 5.41) is 15.2. The van der Waals surface area contributed by atoms with Crippen LogP contribution in [-0.4, -0.2) is 34.0 Å². The molecule has 0 saturated heterocycles. The van der Waals surface area contributed by atoms with Crippen LogP contribution < -0.4 is 10.6 Å². The van der Waals surface area contributed by atoms with Crippen molar-refractivity contribution in [3.63, 3.8) is 0 Å². The Hall–Kier alpha value is -1.56. The maximum Gasteiger partial charge on any atom is 0.407 e. The molecule has 0 spiro atoms. The first-order valence-corrected chi connectivity index (χ1v) is 10.4. The molecule has 3 aliphatic rings. The van der Waals surface area contributed by atoms with Crippen LogP contribution in [0.4, 0.5) is 10.6 Å². The maximum atomic E-state index is 12.4. The molecule has 7 heteroatoms. The first-order valence-electron chi connectivity index (χ1n) is 10.0. The molecule has 1 aromatic rings. The molecule has 3 saturated carbocycles. The van der Waals surface area contributed by atoms with Gasteiger partial charge in [-0.1, -0.05) is 11.6 Å². The molecule has 2 N–H and O–H groups in total. The van der Waals surface area contributed by atoms with Gasteiger partial charge in [0.15, 0.2) is 5.15 Å². The van der Waals surface area contributed by atoms with Gasteiger partial charge in [0.25, 0.3) is 0 Å². The van der Waals surface area contributed by atoms with Crippen molar-refractivity contribution in [1.82, 2.24) is 15.5 Å². The van der Waals surface area contributed by atoms with Crippen LogP contribution in [0.25, 0.3) is 0 Å². The summed E-state index contributed by atoms with van der Waals surface area (Å²) >= 11 is 5.85. The van der Waals surface area contributed by atoms with Crippen molar-refractivity contribution in [2.75, 3.05) is 5.32 Å². The Labute approximate surface area is 165 Å². The molecule has 6 atom stereocenters. The van der Waals surface area contributed by atoms with Crippen molar-refractivity contribution < 1.29 is 9.53 Å². The first-order chi connectivity index (χ1) is 12.8. The molecule has 3 aliphatic carbocycles. The van der Waals surface area contributed by atoms with E-state index < -0.39 is 5.60 Å². The van der Waals surface area contributed by atoms with Gasteiger partial charge in [-0.3, -0.25) is 0 Å². The second-order valence-corrected chi connectivity index (χ2v) is 9.85. The Bertz CT molecular complexity index is 690. The molecule has 1 aromatic heterocycles. The highest BCUT2D eigenvalue weighted by Gasteiger charge is 2.51. The number of ether oxygens (including phenoxy) is 1. The van der Waals surface area contributed by atoms with Crippen molar-refractivity contribution in [3.8, 4) is 0 Å². The number of amides is 1. The predicted molar refractivity (Wildman–Crippen MR) is 105 cm³/mol. The van der Waals surface area contributed by atoms with E-state index in [1.54, 1.807) is 6.07 Å². The van der Waals surface area contributed by atoms with Crippen LogP contribution in [0, 0.1) is 23.7 Å². The maximum absolute atomic E-state index is 12.4. The number of anilines is 1. The summed E-state index contributed by atoms with van der Waals surface area (Å²) in [5.41, 5.74) is -0.482. The number of fused-ring (bicyclic) bond motifs is 2. The van der Waals surface area contributed by atoms with Gasteiger partial charge in [0.05, 0.1) is 0 Å². The normalized spacial score (nSPS) is 34.8. The lowest BCUT2D eigenvalue weighted by Crippen LogP contribution is -2.43. The largest absolute Gasteiger partial charge is 0.444 e. The molecule has 3 fully saturated rings. The lowest BCUT2D eigenvalue weighted by molar-refractivity contribution is 0.0492. The van der Waals surface area contributed by atoms with E-state index in [0.717, 1.165) is 36.4 Å². The van der Waals surface area contributed by atoms with Gasteiger partial charge in [-0.15, -0.1) is 10.2 Å². The van der Waals surface area contributed by atoms with Crippen molar-refractivity contribution >= 4 is 23.5 Å². The summed E-state index contributed by atoms with van der Waals surface area (Å²) in [5.74, 6) is 3.72. The van der Waals surface area contributed by atoms with Crippen LogP contribution >= 0.6 is 11.6 Å². The highest BCUT2D eigenvalue weighted by atomic mass is 35.5. The summed E-state index contributed by atoms with van der Waals surface area (Å²) in [6.45, 7) is 5.69. The fraction of sp³-hybridized carbons (Fsp3) is 0.750. The summed E-state index contributed by atoms with van der Waals surface area (Å²) in [7, 11) is 0. The molecule has 0 aliphatic heterocycles. The summed E-state index contributed by atoms with van der Waals surface area (Å²) in [4.78, 5) is 12.4. The molecule has 6 nitrogen and oxygen atoms in total. The molecule has 1 amide bonds. The molecule has 148 valence electrons. The van der Waals surface area contributed by atoms with E-state index in [0.29, 0.717) is 11.1 Å². The van der Waals surface area contributed by atoms with Gasteiger partial charge in [0, 0.05) is 12.1 Å². The van der Waals surface area contributed by atoms with Crippen LogP contribution in [0.3, 0.4) is 0 Å². The molecule has 0 radical (unpaired) electrons. The van der Waals surface area contributed by atoms with E-state index in [2.05, 4.69) is 20.8 Å². The number of hydrogen-bond donors (Lipinski definition) is 2. The minimum absolute atomic E-state index is 0.139. The second kappa shape index (κ2) is 7.12.